The second kappa shape index (κ2) is 13.0. The lowest BCUT2D eigenvalue weighted by molar-refractivity contribution is -0.132. The Balaban J connectivity index is 0.00000232. The maximum Gasteiger partial charge on any atom is 0.331 e. The molecule has 0 spiro atoms. The average molecular weight is 315 g/mol. The minimum absolute atomic E-state index is 0.364. The van der Waals surface area contributed by atoms with Crippen molar-refractivity contribution in [2.45, 2.75) is 26.7 Å². The first-order chi connectivity index (χ1) is 11.1. The Morgan fingerprint density at radius 3 is 2.87 bits per heavy atom. The van der Waals surface area contributed by atoms with Crippen LogP contribution in [0.4, 0.5) is 0 Å². The Labute approximate surface area is 138 Å². The van der Waals surface area contributed by atoms with Crippen LogP contribution in [0, 0.1) is 0 Å². The molecule has 0 aromatic rings. The molecule has 1 aliphatic rings. The number of aliphatic carboxylic acids is 1. The van der Waals surface area contributed by atoms with Gasteiger partial charge in [0, 0.05) is 37.7 Å². The standard InChI is InChI=1S/C16H19N3O2.C2H6/c1-3-17-12-5-4-6-13-18-19(2)15-9-7-8-14(10-11-15)16(20)21;1-2/h3-5,7-9,11-13H,1,6,10H2,2H3,(H,20,21);1-2H3/b5-4+,17-12?,18-13-;. The van der Waals surface area contributed by atoms with E-state index in [1.54, 1.807) is 29.6 Å². The van der Waals surface area contributed by atoms with Gasteiger partial charge >= 0.3 is 5.97 Å². The van der Waals surface area contributed by atoms with Gasteiger partial charge in [-0.1, -0.05) is 44.7 Å². The van der Waals surface area contributed by atoms with E-state index < -0.39 is 5.97 Å². The molecule has 0 saturated heterocycles. The van der Waals surface area contributed by atoms with Crippen LogP contribution in [0.3, 0.4) is 0 Å². The molecule has 0 heterocycles. The van der Waals surface area contributed by atoms with Gasteiger partial charge in [-0.05, 0) is 18.6 Å². The highest BCUT2D eigenvalue weighted by Crippen LogP contribution is 2.14. The number of aliphatic imine (C=N–C) groups is 1. The zero-order valence-electron chi connectivity index (χ0n) is 14.0. The SMILES string of the molecule is C=CN=C/C=C/C/C=N\N(C)C1=CCC(C(=O)O)=CC=C1.CC. The van der Waals surface area contributed by atoms with Crippen molar-refractivity contribution < 1.29 is 9.90 Å². The van der Waals surface area contributed by atoms with E-state index in [9.17, 15) is 4.79 Å². The van der Waals surface area contributed by atoms with Crippen LogP contribution in [0.2, 0.25) is 0 Å². The van der Waals surface area contributed by atoms with Crippen molar-refractivity contribution in [3.8, 4) is 0 Å². The summed E-state index contributed by atoms with van der Waals surface area (Å²) in [5, 5.41) is 14.9. The van der Waals surface area contributed by atoms with Crippen molar-refractivity contribution in [3.63, 3.8) is 0 Å². The molecule has 0 amide bonds. The predicted octanol–water partition coefficient (Wildman–Crippen LogP) is 3.95. The molecule has 5 nitrogen and oxygen atoms in total. The van der Waals surface area contributed by atoms with Crippen LogP contribution >= 0.6 is 0 Å². The number of hydrazone groups is 1. The van der Waals surface area contributed by atoms with Gasteiger partial charge in [0.15, 0.2) is 0 Å². The van der Waals surface area contributed by atoms with Gasteiger partial charge < -0.3 is 5.11 Å². The van der Waals surface area contributed by atoms with Gasteiger partial charge in [-0.2, -0.15) is 5.10 Å². The van der Waals surface area contributed by atoms with Crippen LogP contribution in [0.1, 0.15) is 26.7 Å². The minimum Gasteiger partial charge on any atom is -0.478 e. The first-order valence-corrected chi connectivity index (χ1v) is 7.51. The lowest BCUT2D eigenvalue weighted by atomic mass is 10.2. The van der Waals surface area contributed by atoms with Crippen molar-refractivity contribution in [3.05, 3.63) is 60.5 Å². The highest BCUT2D eigenvalue weighted by molar-refractivity contribution is 5.87. The summed E-state index contributed by atoms with van der Waals surface area (Å²) in [6, 6.07) is 0. The van der Waals surface area contributed by atoms with Crippen molar-refractivity contribution in [1.82, 2.24) is 5.01 Å². The number of hydrogen-bond acceptors (Lipinski definition) is 4. The van der Waals surface area contributed by atoms with Gasteiger partial charge in [0.1, 0.15) is 0 Å². The van der Waals surface area contributed by atoms with E-state index in [2.05, 4.69) is 16.7 Å². The summed E-state index contributed by atoms with van der Waals surface area (Å²) in [6.07, 6.45) is 16.7. The molecule has 0 radical (unpaired) electrons. The fourth-order valence-corrected chi connectivity index (χ4v) is 1.56. The van der Waals surface area contributed by atoms with Crippen LogP contribution in [0.5, 0.6) is 0 Å². The molecule has 0 bridgehead atoms. The maximum absolute atomic E-state index is 10.9. The Kier molecular flexibility index (Phi) is 11.5. The summed E-state index contributed by atoms with van der Waals surface area (Å²) < 4.78 is 0. The molecule has 1 aliphatic carbocycles. The van der Waals surface area contributed by atoms with Gasteiger partial charge in [-0.15, -0.1) is 0 Å². The lowest BCUT2D eigenvalue weighted by Crippen LogP contribution is -2.09. The molecule has 0 aliphatic heterocycles. The van der Waals surface area contributed by atoms with E-state index in [1.807, 2.05) is 45.2 Å². The monoisotopic (exact) mass is 315 g/mol. The first-order valence-electron chi connectivity index (χ1n) is 7.51. The molecule has 1 N–H and O–H groups in total. The largest absolute Gasteiger partial charge is 0.478 e. The molecule has 0 atom stereocenters. The number of carbonyl (C=O) groups is 1. The minimum atomic E-state index is -0.894. The number of carboxylic acid groups (broad SMARTS) is 1. The zero-order chi connectivity index (χ0) is 17.5. The topological polar surface area (TPSA) is 65.3 Å². The Morgan fingerprint density at radius 1 is 1.48 bits per heavy atom. The maximum atomic E-state index is 10.9. The van der Waals surface area contributed by atoms with Crippen LogP contribution in [-0.2, 0) is 4.79 Å². The summed E-state index contributed by atoms with van der Waals surface area (Å²) in [7, 11) is 1.82. The van der Waals surface area contributed by atoms with Crippen molar-refractivity contribution in [1.29, 1.82) is 0 Å². The summed E-state index contributed by atoms with van der Waals surface area (Å²) >= 11 is 0. The highest BCUT2D eigenvalue weighted by Gasteiger charge is 2.08. The zero-order valence-corrected chi connectivity index (χ0v) is 14.0. The first kappa shape index (κ1) is 20.3. The van der Waals surface area contributed by atoms with E-state index in [1.165, 1.54) is 6.20 Å². The Morgan fingerprint density at radius 2 is 2.22 bits per heavy atom. The third-order valence-electron chi connectivity index (χ3n) is 2.65. The van der Waals surface area contributed by atoms with E-state index in [0.717, 1.165) is 5.70 Å². The molecular weight excluding hydrogens is 290 g/mol. The normalized spacial score (nSPS) is 14.2. The van der Waals surface area contributed by atoms with Gasteiger partial charge in [0.2, 0.25) is 0 Å². The summed E-state index contributed by atoms with van der Waals surface area (Å²) in [5.74, 6) is -0.894. The molecule has 23 heavy (non-hydrogen) atoms. The molecule has 0 saturated carbocycles. The number of rotatable bonds is 7. The predicted molar refractivity (Wildman–Crippen MR) is 97.6 cm³/mol. The van der Waals surface area contributed by atoms with Gasteiger partial charge in [0.25, 0.3) is 0 Å². The van der Waals surface area contributed by atoms with Crippen molar-refractivity contribution in [2.75, 3.05) is 7.05 Å². The Bertz CT molecular complexity index is 553. The fraction of sp³-hybridized carbons (Fsp3) is 0.278. The second-order valence-corrected chi connectivity index (χ2v) is 4.16. The number of carboxylic acids is 1. The van der Waals surface area contributed by atoms with Crippen molar-refractivity contribution in [2.24, 2.45) is 10.1 Å². The molecule has 1 rings (SSSR count). The van der Waals surface area contributed by atoms with Gasteiger partial charge in [-0.25, -0.2) is 4.79 Å². The van der Waals surface area contributed by atoms with E-state index in [0.29, 0.717) is 18.4 Å². The lowest BCUT2D eigenvalue weighted by Gasteiger charge is -2.13. The third kappa shape index (κ3) is 9.03. The molecule has 5 heteroatoms. The van der Waals surface area contributed by atoms with Crippen LogP contribution in [0.15, 0.2) is 70.6 Å². The van der Waals surface area contributed by atoms with Crippen LogP contribution in [-0.4, -0.2) is 35.6 Å². The highest BCUT2D eigenvalue weighted by atomic mass is 16.4. The van der Waals surface area contributed by atoms with E-state index >= 15 is 0 Å². The number of hydrogen-bond donors (Lipinski definition) is 1. The van der Waals surface area contributed by atoms with Gasteiger partial charge in [0.05, 0.1) is 5.70 Å². The summed E-state index contributed by atoms with van der Waals surface area (Å²) in [5.41, 5.74) is 1.22. The van der Waals surface area contributed by atoms with E-state index in [-0.39, 0.29) is 0 Å². The molecule has 0 aromatic heterocycles. The second-order valence-electron chi connectivity index (χ2n) is 4.16. The molecule has 0 fully saturated rings. The fourth-order valence-electron chi connectivity index (χ4n) is 1.56. The number of likely N-dealkylation sites (N-methyl/N-ethyl adjacent to an activating group) is 1. The molecule has 124 valence electrons. The van der Waals surface area contributed by atoms with Gasteiger partial charge in [-0.3, -0.25) is 10.0 Å². The molecular formula is C18H25N3O2. The summed E-state index contributed by atoms with van der Waals surface area (Å²) in [4.78, 5) is 14.7. The smallest absolute Gasteiger partial charge is 0.331 e. The Hall–Kier alpha value is -2.69. The van der Waals surface area contributed by atoms with Crippen LogP contribution < -0.4 is 0 Å². The average Bonchev–Trinajstić information content (AvgIpc) is 2.82. The number of nitrogens with zero attached hydrogens (tertiary/aromatic N) is 3. The molecule has 0 aromatic carbocycles. The third-order valence-corrected chi connectivity index (χ3v) is 2.65. The van der Waals surface area contributed by atoms with Crippen molar-refractivity contribution >= 4 is 18.4 Å². The van der Waals surface area contributed by atoms with E-state index in [4.69, 9.17) is 5.11 Å². The summed E-state index contributed by atoms with van der Waals surface area (Å²) in [6.45, 7) is 7.47. The molecule has 0 unspecified atom stereocenters. The van der Waals surface area contributed by atoms with Crippen LogP contribution in [0.25, 0.3) is 0 Å². The quantitative estimate of drug-likeness (QED) is 0.571. The number of allylic oxidation sites excluding steroid dienone is 6.